The molecule has 170 valence electrons. The predicted octanol–water partition coefficient (Wildman–Crippen LogP) is 2.85. The number of carbonyl (C=O) groups excluding carboxylic acids is 2. The molecule has 0 saturated carbocycles. The van der Waals surface area contributed by atoms with E-state index in [0.29, 0.717) is 50.0 Å². The van der Waals surface area contributed by atoms with E-state index in [1.54, 1.807) is 57.1 Å². The second-order valence-corrected chi connectivity index (χ2v) is 8.24. The zero-order chi connectivity index (χ0) is 22.9. The van der Waals surface area contributed by atoms with Gasteiger partial charge in [-0.1, -0.05) is 12.1 Å². The maximum Gasteiger partial charge on any atom is 0.228 e. The first-order valence-corrected chi connectivity index (χ1v) is 10.9. The molecule has 2 fully saturated rings. The maximum absolute atomic E-state index is 14.3. The van der Waals surface area contributed by atoms with Gasteiger partial charge in [0, 0.05) is 57.2 Å². The van der Waals surface area contributed by atoms with Crippen LogP contribution in [0.3, 0.4) is 0 Å². The van der Waals surface area contributed by atoms with Crippen LogP contribution in [-0.2, 0) is 9.59 Å². The summed E-state index contributed by atoms with van der Waals surface area (Å²) in [5.74, 6) is -0.676. The predicted molar refractivity (Wildman–Crippen MR) is 119 cm³/mol. The Morgan fingerprint density at radius 1 is 0.970 bits per heavy atom. The third kappa shape index (κ3) is 4.06. The lowest BCUT2D eigenvalue weighted by molar-refractivity contribution is -0.136. The van der Waals surface area contributed by atoms with E-state index >= 15 is 0 Å². The van der Waals surface area contributed by atoms with Crippen LogP contribution >= 0.6 is 0 Å². The van der Waals surface area contributed by atoms with Crippen molar-refractivity contribution in [1.29, 1.82) is 0 Å². The number of carbonyl (C=O) groups is 2. The molecule has 0 radical (unpaired) electrons. The van der Waals surface area contributed by atoms with Gasteiger partial charge in [-0.15, -0.1) is 0 Å². The molecular weight excluding hydrogens is 428 g/mol. The Hall–Kier alpha value is -3.75. The molecule has 1 unspecified atom stereocenters. The zero-order valence-electron chi connectivity index (χ0n) is 17.9. The third-order valence-corrected chi connectivity index (χ3v) is 6.22. The molecule has 3 aromatic rings. The number of amides is 2. The van der Waals surface area contributed by atoms with Crippen molar-refractivity contribution in [3.05, 3.63) is 72.6 Å². The lowest BCUT2D eigenvalue weighted by atomic mass is 10.1. The molecule has 2 aliphatic rings. The molecule has 0 aliphatic carbocycles. The molecule has 1 aromatic heterocycles. The number of para-hydroxylation sites is 1. The topological polar surface area (TPSA) is 61.7 Å². The number of hydrogen-bond acceptors (Lipinski definition) is 4. The van der Waals surface area contributed by atoms with Gasteiger partial charge in [0.1, 0.15) is 11.6 Å². The first kappa shape index (κ1) is 21.1. The van der Waals surface area contributed by atoms with Crippen molar-refractivity contribution < 1.29 is 18.4 Å². The monoisotopic (exact) mass is 451 g/mol. The number of nitrogens with zero attached hydrogens (tertiary/aromatic N) is 5. The first-order chi connectivity index (χ1) is 16.0. The average molecular weight is 451 g/mol. The molecule has 2 amide bonds. The number of anilines is 2. The Kier molecular flexibility index (Phi) is 5.53. The van der Waals surface area contributed by atoms with Crippen LogP contribution < -0.4 is 9.80 Å². The van der Waals surface area contributed by atoms with E-state index in [4.69, 9.17) is 0 Å². The summed E-state index contributed by atoms with van der Waals surface area (Å²) in [6.45, 7) is 2.38. The highest BCUT2D eigenvalue weighted by molar-refractivity contribution is 6.00. The molecule has 33 heavy (non-hydrogen) atoms. The maximum atomic E-state index is 14.3. The van der Waals surface area contributed by atoms with E-state index in [9.17, 15) is 18.4 Å². The number of halogens is 2. The van der Waals surface area contributed by atoms with Crippen LogP contribution in [0.4, 0.5) is 20.4 Å². The highest BCUT2D eigenvalue weighted by atomic mass is 19.1. The van der Waals surface area contributed by atoms with E-state index in [2.05, 4.69) is 4.98 Å². The molecule has 0 bridgehead atoms. The summed E-state index contributed by atoms with van der Waals surface area (Å²) in [5, 5.41) is 0. The number of rotatable bonds is 4. The summed E-state index contributed by atoms with van der Waals surface area (Å²) in [7, 11) is 0. The van der Waals surface area contributed by atoms with Crippen molar-refractivity contribution >= 4 is 23.5 Å². The van der Waals surface area contributed by atoms with Crippen LogP contribution in [-0.4, -0.2) is 59.0 Å². The van der Waals surface area contributed by atoms with Crippen LogP contribution in [0.5, 0.6) is 0 Å². The summed E-state index contributed by atoms with van der Waals surface area (Å²) < 4.78 is 29.2. The first-order valence-electron chi connectivity index (χ1n) is 10.9. The van der Waals surface area contributed by atoms with Gasteiger partial charge >= 0.3 is 0 Å². The summed E-state index contributed by atoms with van der Waals surface area (Å²) in [6, 6.07) is 12.2. The van der Waals surface area contributed by atoms with E-state index in [0.717, 1.165) is 0 Å². The van der Waals surface area contributed by atoms with E-state index in [-0.39, 0.29) is 29.9 Å². The van der Waals surface area contributed by atoms with Gasteiger partial charge in [0.25, 0.3) is 0 Å². The third-order valence-electron chi connectivity index (χ3n) is 6.22. The standard InChI is InChI=1S/C24H23F2N5O2/c25-18-5-7-19(8-6-18)31-16-17(15-22(31)32)23(33)28-11-13-29(14-12-28)24-27-9-10-30(24)21-4-2-1-3-20(21)26/h1-10,17H,11-16H2. The summed E-state index contributed by atoms with van der Waals surface area (Å²) in [4.78, 5) is 35.3. The van der Waals surface area contributed by atoms with Gasteiger partial charge in [0.15, 0.2) is 0 Å². The molecule has 9 heteroatoms. The van der Waals surface area contributed by atoms with Crippen molar-refractivity contribution in [3.63, 3.8) is 0 Å². The minimum atomic E-state index is -0.422. The molecular formula is C24H23F2N5O2. The quantitative estimate of drug-likeness (QED) is 0.612. The Labute approximate surface area is 189 Å². The highest BCUT2D eigenvalue weighted by Crippen LogP contribution is 2.27. The van der Waals surface area contributed by atoms with Crippen molar-refractivity contribution in [2.24, 2.45) is 5.92 Å². The van der Waals surface area contributed by atoms with E-state index in [1.165, 1.54) is 18.2 Å². The summed E-state index contributed by atoms with van der Waals surface area (Å²) >= 11 is 0. The molecule has 0 spiro atoms. The Morgan fingerprint density at radius 2 is 1.70 bits per heavy atom. The lowest BCUT2D eigenvalue weighted by Crippen LogP contribution is -2.51. The molecule has 2 saturated heterocycles. The van der Waals surface area contributed by atoms with Crippen LogP contribution in [0.15, 0.2) is 60.9 Å². The normalized spacial score (nSPS) is 18.8. The van der Waals surface area contributed by atoms with Crippen molar-refractivity contribution in [1.82, 2.24) is 14.5 Å². The van der Waals surface area contributed by atoms with Gasteiger partial charge in [0.05, 0.1) is 11.6 Å². The van der Waals surface area contributed by atoms with Crippen LogP contribution in [0.1, 0.15) is 6.42 Å². The lowest BCUT2D eigenvalue weighted by Gasteiger charge is -2.36. The average Bonchev–Trinajstić information content (AvgIpc) is 3.47. The fourth-order valence-corrected chi connectivity index (χ4v) is 4.49. The van der Waals surface area contributed by atoms with Gasteiger partial charge in [-0.25, -0.2) is 13.8 Å². The minimum absolute atomic E-state index is 0.0509. The molecule has 1 atom stereocenters. The van der Waals surface area contributed by atoms with Crippen LogP contribution in [0.2, 0.25) is 0 Å². The SMILES string of the molecule is O=C(C1CC(=O)N(c2ccc(F)cc2)C1)N1CCN(c2nccn2-c2ccccc2F)CC1. The van der Waals surface area contributed by atoms with Gasteiger partial charge in [0.2, 0.25) is 17.8 Å². The second kappa shape index (κ2) is 8.65. The van der Waals surface area contributed by atoms with Crippen LogP contribution in [0.25, 0.3) is 5.69 Å². The summed E-state index contributed by atoms with van der Waals surface area (Å²) in [5.41, 5.74) is 1.02. The second-order valence-electron chi connectivity index (χ2n) is 8.24. The van der Waals surface area contributed by atoms with Crippen molar-refractivity contribution in [2.45, 2.75) is 6.42 Å². The van der Waals surface area contributed by atoms with Crippen LogP contribution in [0, 0.1) is 17.6 Å². The highest BCUT2D eigenvalue weighted by Gasteiger charge is 2.38. The molecule has 2 aliphatic heterocycles. The fraction of sp³-hybridized carbons (Fsp3) is 0.292. The molecule has 3 heterocycles. The molecule has 5 rings (SSSR count). The van der Waals surface area contributed by atoms with Gasteiger partial charge in [-0.2, -0.15) is 0 Å². The Bertz CT molecular complexity index is 1170. The minimum Gasteiger partial charge on any atom is -0.339 e. The zero-order valence-corrected chi connectivity index (χ0v) is 17.9. The number of hydrogen-bond donors (Lipinski definition) is 0. The smallest absolute Gasteiger partial charge is 0.228 e. The Morgan fingerprint density at radius 3 is 2.42 bits per heavy atom. The number of piperazine rings is 1. The number of aromatic nitrogens is 2. The van der Waals surface area contributed by atoms with Gasteiger partial charge < -0.3 is 14.7 Å². The van der Waals surface area contributed by atoms with E-state index in [1.807, 2.05) is 4.90 Å². The van der Waals surface area contributed by atoms with Crippen molar-refractivity contribution in [2.75, 3.05) is 42.5 Å². The largest absolute Gasteiger partial charge is 0.339 e. The molecule has 7 nitrogen and oxygen atoms in total. The molecule has 0 N–H and O–H groups in total. The fourth-order valence-electron chi connectivity index (χ4n) is 4.49. The van der Waals surface area contributed by atoms with Gasteiger partial charge in [-0.05, 0) is 36.4 Å². The van der Waals surface area contributed by atoms with Crippen molar-refractivity contribution in [3.8, 4) is 5.69 Å². The summed E-state index contributed by atoms with van der Waals surface area (Å²) in [6.07, 6.45) is 3.50. The van der Waals surface area contributed by atoms with E-state index < -0.39 is 5.92 Å². The number of imidazole rings is 1. The Balaban J connectivity index is 1.23. The number of benzene rings is 2. The van der Waals surface area contributed by atoms with Gasteiger partial charge in [-0.3, -0.25) is 14.2 Å². The molecule has 2 aromatic carbocycles.